The molecule has 1 aliphatic rings. The molecular weight excluding hydrogens is 258 g/mol. The molecule has 0 bridgehead atoms. The molecule has 1 aromatic rings. The quantitative estimate of drug-likeness (QED) is 0.889. The van der Waals surface area contributed by atoms with E-state index < -0.39 is 0 Å². The van der Waals surface area contributed by atoms with E-state index in [0.29, 0.717) is 22.4 Å². The summed E-state index contributed by atoms with van der Waals surface area (Å²) in [6.45, 7) is 0.662. The summed E-state index contributed by atoms with van der Waals surface area (Å²) < 4.78 is 0. The van der Waals surface area contributed by atoms with Crippen molar-refractivity contribution >= 4 is 29.3 Å². The van der Waals surface area contributed by atoms with Gasteiger partial charge in [-0.1, -0.05) is 11.6 Å². The Morgan fingerprint density at radius 1 is 1.59 bits per heavy atom. The highest BCUT2D eigenvalue weighted by atomic mass is 35.5. The Bertz CT molecular complexity index is 419. The zero-order chi connectivity index (χ0) is 12.3. The summed E-state index contributed by atoms with van der Waals surface area (Å²) in [7, 11) is 0. The van der Waals surface area contributed by atoms with E-state index in [0.717, 1.165) is 6.42 Å². The molecule has 1 fully saturated rings. The minimum atomic E-state index is -0.224. The largest absolute Gasteiger partial charge is 0.508 e. The summed E-state index contributed by atoms with van der Waals surface area (Å²) in [5, 5.41) is 13.0. The van der Waals surface area contributed by atoms with Gasteiger partial charge in [0.05, 0.1) is 10.6 Å². The molecule has 0 spiro atoms. The van der Waals surface area contributed by atoms with Crippen molar-refractivity contribution in [2.45, 2.75) is 18.1 Å². The third-order valence-electron chi connectivity index (χ3n) is 2.71. The SMILES string of the molecule is O=C(NCC1CCCS1)c1cc(O)ccc1Cl. The van der Waals surface area contributed by atoms with Crippen LogP contribution in [0.25, 0.3) is 0 Å². The van der Waals surface area contributed by atoms with Crippen molar-refractivity contribution in [3.63, 3.8) is 0 Å². The van der Waals surface area contributed by atoms with E-state index in [2.05, 4.69) is 5.32 Å². The number of phenolic OH excluding ortho intramolecular Hbond substituents is 1. The molecular formula is C12H14ClNO2S. The Morgan fingerprint density at radius 2 is 2.41 bits per heavy atom. The van der Waals surface area contributed by atoms with Crippen molar-refractivity contribution in [3.8, 4) is 5.75 Å². The van der Waals surface area contributed by atoms with Crippen molar-refractivity contribution in [3.05, 3.63) is 28.8 Å². The van der Waals surface area contributed by atoms with Crippen LogP contribution in [-0.2, 0) is 0 Å². The van der Waals surface area contributed by atoms with E-state index >= 15 is 0 Å². The number of carbonyl (C=O) groups excluding carboxylic acids is 1. The highest BCUT2D eigenvalue weighted by Gasteiger charge is 2.17. The summed E-state index contributed by atoms with van der Waals surface area (Å²) in [6, 6.07) is 4.38. The van der Waals surface area contributed by atoms with Gasteiger partial charge < -0.3 is 10.4 Å². The van der Waals surface area contributed by atoms with Crippen molar-refractivity contribution < 1.29 is 9.90 Å². The van der Waals surface area contributed by atoms with E-state index in [4.69, 9.17) is 11.6 Å². The first-order valence-electron chi connectivity index (χ1n) is 5.55. The maximum absolute atomic E-state index is 11.9. The lowest BCUT2D eigenvalue weighted by Gasteiger charge is -2.11. The second kappa shape index (κ2) is 5.65. The first-order chi connectivity index (χ1) is 8.16. The predicted octanol–water partition coefficient (Wildman–Crippen LogP) is 2.67. The molecule has 1 aliphatic heterocycles. The fraction of sp³-hybridized carbons (Fsp3) is 0.417. The van der Waals surface area contributed by atoms with E-state index in [-0.39, 0.29) is 11.7 Å². The van der Waals surface area contributed by atoms with Crippen LogP contribution in [0.1, 0.15) is 23.2 Å². The molecule has 1 unspecified atom stereocenters. The number of amides is 1. The van der Waals surface area contributed by atoms with Crippen molar-refractivity contribution in [2.24, 2.45) is 0 Å². The molecule has 17 heavy (non-hydrogen) atoms. The number of hydrogen-bond acceptors (Lipinski definition) is 3. The average Bonchev–Trinajstić information content (AvgIpc) is 2.82. The van der Waals surface area contributed by atoms with Gasteiger partial charge in [0, 0.05) is 11.8 Å². The van der Waals surface area contributed by atoms with Crippen molar-refractivity contribution in [2.75, 3.05) is 12.3 Å². The summed E-state index contributed by atoms with van der Waals surface area (Å²) >= 11 is 7.80. The number of phenols is 1. The van der Waals surface area contributed by atoms with Crippen LogP contribution in [0, 0.1) is 0 Å². The number of hydrogen-bond donors (Lipinski definition) is 2. The third-order valence-corrected chi connectivity index (χ3v) is 4.44. The van der Waals surface area contributed by atoms with Gasteiger partial charge in [-0.15, -0.1) is 0 Å². The number of carbonyl (C=O) groups is 1. The van der Waals surface area contributed by atoms with Gasteiger partial charge in [-0.25, -0.2) is 0 Å². The molecule has 0 aromatic heterocycles. The molecule has 1 atom stereocenters. The summed E-state index contributed by atoms with van der Waals surface area (Å²) in [4.78, 5) is 11.9. The highest BCUT2D eigenvalue weighted by Crippen LogP contribution is 2.26. The van der Waals surface area contributed by atoms with Gasteiger partial charge in [0.15, 0.2) is 0 Å². The second-order valence-electron chi connectivity index (χ2n) is 4.01. The topological polar surface area (TPSA) is 49.3 Å². The first kappa shape index (κ1) is 12.6. The van der Waals surface area contributed by atoms with Gasteiger partial charge in [-0.05, 0) is 36.8 Å². The maximum Gasteiger partial charge on any atom is 0.252 e. The molecule has 0 aliphatic carbocycles. The third kappa shape index (κ3) is 3.30. The lowest BCUT2D eigenvalue weighted by molar-refractivity contribution is 0.0953. The van der Waals surface area contributed by atoms with Crippen LogP contribution in [0.5, 0.6) is 5.75 Å². The average molecular weight is 272 g/mol. The zero-order valence-electron chi connectivity index (χ0n) is 9.28. The van der Waals surface area contributed by atoms with Crippen LogP contribution in [0.2, 0.25) is 5.02 Å². The van der Waals surface area contributed by atoms with Crippen molar-refractivity contribution in [1.29, 1.82) is 0 Å². The summed E-state index contributed by atoms with van der Waals surface area (Å²) in [5.41, 5.74) is 0.328. The monoisotopic (exact) mass is 271 g/mol. The van der Waals surface area contributed by atoms with Gasteiger partial charge in [0.2, 0.25) is 0 Å². The van der Waals surface area contributed by atoms with Gasteiger partial charge in [0.25, 0.3) is 5.91 Å². The Labute approximate surface area is 110 Å². The molecule has 1 aromatic carbocycles. The Balaban J connectivity index is 1.96. The van der Waals surface area contributed by atoms with E-state index in [1.165, 1.54) is 30.4 Å². The molecule has 92 valence electrons. The molecule has 0 radical (unpaired) electrons. The maximum atomic E-state index is 11.9. The summed E-state index contributed by atoms with van der Waals surface area (Å²) in [5.74, 6) is 1.00. The van der Waals surface area contributed by atoms with E-state index in [1.807, 2.05) is 11.8 Å². The molecule has 1 saturated heterocycles. The van der Waals surface area contributed by atoms with Gasteiger partial charge in [-0.2, -0.15) is 11.8 Å². The van der Waals surface area contributed by atoms with Crippen LogP contribution in [0.3, 0.4) is 0 Å². The lowest BCUT2D eigenvalue weighted by atomic mass is 10.2. The normalized spacial score (nSPS) is 19.2. The number of nitrogens with one attached hydrogen (secondary N) is 1. The Hall–Kier alpha value is -0.870. The number of aromatic hydroxyl groups is 1. The highest BCUT2D eigenvalue weighted by molar-refractivity contribution is 8.00. The fourth-order valence-corrected chi connectivity index (χ4v) is 3.20. The predicted molar refractivity (Wildman–Crippen MR) is 70.9 cm³/mol. The minimum absolute atomic E-state index is 0.0507. The molecule has 1 heterocycles. The smallest absolute Gasteiger partial charge is 0.252 e. The van der Waals surface area contributed by atoms with Gasteiger partial charge in [0.1, 0.15) is 5.75 Å². The van der Waals surface area contributed by atoms with Gasteiger partial charge in [-0.3, -0.25) is 4.79 Å². The fourth-order valence-electron chi connectivity index (χ4n) is 1.79. The van der Waals surface area contributed by atoms with Crippen LogP contribution in [0.15, 0.2) is 18.2 Å². The first-order valence-corrected chi connectivity index (χ1v) is 6.98. The lowest BCUT2D eigenvalue weighted by Crippen LogP contribution is -2.29. The molecule has 5 heteroatoms. The van der Waals surface area contributed by atoms with Gasteiger partial charge >= 0.3 is 0 Å². The molecule has 0 saturated carbocycles. The standard InChI is InChI=1S/C12H14ClNO2S/c13-11-4-3-8(15)6-10(11)12(16)14-7-9-2-1-5-17-9/h3-4,6,9,15H,1-2,5,7H2,(H,14,16). The zero-order valence-corrected chi connectivity index (χ0v) is 10.9. The van der Waals surface area contributed by atoms with E-state index in [1.54, 1.807) is 0 Å². The molecule has 2 rings (SSSR count). The second-order valence-corrected chi connectivity index (χ2v) is 5.82. The van der Waals surface area contributed by atoms with E-state index in [9.17, 15) is 9.90 Å². The Morgan fingerprint density at radius 3 is 3.12 bits per heavy atom. The number of rotatable bonds is 3. The minimum Gasteiger partial charge on any atom is -0.508 e. The van der Waals surface area contributed by atoms with Crippen LogP contribution in [0.4, 0.5) is 0 Å². The molecule has 3 nitrogen and oxygen atoms in total. The molecule has 2 N–H and O–H groups in total. The van der Waals surface area contributed by atoms with Crippen LogP contribution in [-0.4, -0.2) is 28.6 Å². The van der Waals surface area contributed by atoms with Crippen molar-refractivity contribution in [1.82, 2.24) is 5.32 Å². The summed E-state index contributed by atoms with van der Waals surface area (Å²) in [6.07, 6.45) is 2.37. The Kier molecular flexibility index (Phi) is 4.18. The number of halogens is 1. The number of thioether (sulfide) groups is 1. The van der Waals surface area contributed by atoms with Crippen LogP contribution < -0.4 is 5.32 Å². The number of benzene rings is 1. The van der Waals surface area contributed by atoms with Crippen LogP contribution >= 0.6 is 23.4 Å². The molecule has 1 amide bonds.